The van der Waals surface area contributed by atoms with Crippen molar-refractivity contribution in [2.24, 2.45) is 0 Å². The first kappa shape index (κ1) is 11.8. The standard InChI is InChI=1S/C13H13NO2S/c1-3-16-13(15)12-14-8-11(17-12)10-6-4-5-9(2)7-10/h4-8H,3H2,1-2H3. The van der Waals surface area contributed by atoms with Gasteiger partial charge in [0.15, 0.2) is 0 Å². The number of aryl methyl sites for hydroxylation is 1. The van der Waals surface area contributed by atoms with Crippen LogP contribution in [0.2, 0.25) is 0 Å². The van der Waals surface area contributed by atoms with Gasteiger partial charge in [-0.15, -0.1) is 11.3 Å². The maximum absolute atomic E-state index is 11.5. The Balaban J connectivity index is 2.27. The van der Waals surface area contributed by atoms with Crippen molar-refractivity contribution in [3.8, 4) is 10.4 Å². The lowest BCUT2D eigenvalue weighted by molar-refractivity contribution is 0.0526. The molecule has 0 radical (unpaired) electrons. The maximum atomic E-state index is 11.5. The number of nitrogens with zero attached hydrogens (tertiary/aromatic N) is 1. The van der Waals surface area contributed by atoms with Gasteiger partial charge in [0.1, 0.15) is 0 Å². The van der Waals surface area contributed by atoms with E-state index in [0.29, 0.717) is 11.6 Å². The molecule has 2 aromatic rings. The molecule has 88 valence electrons. The lowest BCUT2D eigenvalue weighted by atomic mass is 10.1. The molecule has 1 heterocycles. The van der Waals surface area contributed by atoms with Gasteiger partial charge in [-0.1, -0.05) is 29.8 Å². The Morgan fingerprint density at radius 3 is 3.00 bits per heavy atom. The minimum absolute atomic E-state index is 0.351. The molecule has 1 aromatic heterocycles. The Morgan fingerprint density at radius 1 is 1.47 bits per heavy atom. The average Bonchev–Trinajstić information content (AvgIpc) is 2.78. The summed E-state index contributed by atoms with van der Waals surface area (Å²) in [4.78, 5) is 16.5. The van der Waals surface area contributed by atoms with Crippen molar-refractivity contribution in [2.45, 2.75) is 13.8 Å². The Kier molecular flexibility index (Phi) is 3.54. The Hall–Kier alpha value is -1.68. The van der Waals surface area contributed by atoms with Gasteiger partial charge in [0, 0.05) is 6.20 Å². The van der Waals surface area contributed by atoms with Crippen LogP contribution in [0.1, 0.15) is 22.3 Å². The number of thiazole rings is 1. The summed E-state index contributed by atoms with van der Waals surface area (Å²) in [5, 5.41) is 0.406. The highest BCUT2D eigenvalue weighted by Crippen LogP contribution is 2.26. The molecular formula is C13H13NO2S. The van der Waals surface area contributed by atoms with Crippen molar-refractivity contribution in [3.63, 3.8) is 0 Å². The zero-order valence-corrected chi connectivity index (χ0v) is 10.6. The van der Waals surface area contributed by atoms with Crippen LogP contribution in [-0.2, 0) is 4.74 Å². The van der Waals surface area contributed by atoms with Crippen LogP contribution in [0.5, 0.6) is 0 Å². The van der Waals surface area contributed by atoms with E-state index >= 15 is 0 Å². The number of hydrogen-bond donors (Lipinski definition) is 0. The van der Waals surface area contributed by atoms with Gasteiger partial charge in [-0.3, -0.25) is 0 Å². The summed E-state index contributed by atoms with van der Waals surface area (Å²) in [5.41, 5.74) is 2.27. The van der Waals surface area contributed by atoms with Crippen LogP contribution in [0.25, 0.3) is 10.4 Å². The molecule has 0 saturated heterocycles. The number of ether oxygens (including phenoxy) is 1. The van der Waals surface area contributed by atoms with Crippen LogP contribution in [0, 0.1) is 6.92 Å². The number of benzene rings is 1. The summed E-state index contributed by atoms with van der Waals surface area (Å²) >= 11 is 1.36. The van der Waals surface area contributed by atoms with Crippen LogP contribution in [0.3, 0.4) is 0 Å². The summed E-state index contributed by atoms with van der Waals surface area (Å²) < 4.78 is 4.91. The highest BCUT2D eigenvalue weighted by molar-refractivity contribution is 7.16. The van der Waals surface area contributed by atoms with Gasteiger partial charge in [0.2, 0.25) is 5.01 Å². The molecule has 0 amide bonds. The molecule has 0 atom stereocenters. The van der Waals surface area contributed by atoms with E-state index in [4.69, 9.17) is 4.74 Å². The molecular weight excluding hydrogens is 234 g/mol. The first-order valence-corrected chi connectivity index (χ1v) is 6.22. The van der Waals surface area contributed by atoms with Crippen LogP contribution in [-0.4, -0.2) is 17.6 Å². The van der Waals surface area contributed by atoms with Gasteiger partial charge < -0.3 is 4.74 Å². The minimum Gasteiger partial charge on any atom is -0.461 e. The highest BCUT2D eigenvalue weighted by Gasteiger charge is 2.12. The summed E-state index contributed by atoms with van der Waals surface area (Å²) in [6, 6.07) is 8.11. The number of carbonyl (C=O) groups excluding carboxylic acids is 1. The fourth-order valence-electron chi connectivity index (χ4n) is 1.49. The van der Waals surface area contributed by atoms with Gasteiger partial charge in [0.05, 0.1) is 11.5 Å². The molecule has 0 aliphatic carbocycles. The van der Waals surface area contributed by atoms with E-state index in [1.807, 2.05) is 25.1 Å². The van der Waals surface area contributed by atoms with E-state index in [0.717, 1.165) is 10.4 Å². The number of carbonyl (C=O) groups is 1. The molecule has 4 heteroatoms. The predicted molar refractivity (Wildman–Crippen MR) is 68.2 cm³/mol. The molecule has 0 saturated carbocycles. The number of rotatable bonds is 3. The second kappa shape index (κ2) is 5.10. The van der Waals surface area contributed by atoms with Crippen LogP contribution in [0.15, 0.2) is 30.5 Å². The topological polar surface area (TPSA) is 39.2 Å². The van der Waals surface area contributed by atoms with Gasteiger partial charge in [-0.2, -0.15) is 0 Å². The summed E-state index contributed by atoms with van der Waals surface area (Å²) in [7, 11) is 0. The first-order chi connectivity index (χ1) is 8.20. The number of aromatic nitrogens is 1. The zero-order chi connectivity index (χ0) is 12.3. The van der Waals surface area contributed by atoms with Crippen molar-refractivity contribution in [3.05, 3.63) is 41.0 Å². The third kappa shape index (κ3) is 2.71. The molecule has 2 rings (SSSR count). The largest absolute Gasteiger partial charge is 0.461 e. The first-order valence-electron chi connectivity index (χ1n) is 5.40. The third-order valence-corrected chi connectivity index (χ3v) is 3.28. The van der Waals surface area contributed by atoms with Crippen LogP contribution in [0.4, 0.5) is 0 Å². The smallest absolute Gasteiger partial charge is 0.367 e. The lowest BCUT2D eigenvalue weighted by Gasteiger charge is -1.98. The fourth-order valence-corrected chi connectivity index (χ4v) is 2.30. The van der Waals surface area contributed by atoms with Crippen molar-refractivity contribution in [2.75, 3.05) is 6.61 Å². The number of esters is 1. The highest BCUT2D eigenvalue weighted by atomic mass is 32.1. The molecule has 0 bridgehead atoms. The summed E-state index contributed by atoms with van der Waals surface area (Å²) in [5.74, 6) is -0.351. The van der Waals surface area contributed by atoms with E-state index < -0.39 is 0 Å². The molecule has 0 unspecified atom stereocenters. The molecule has 1 aromatic carbocycles. The van der Waals surface area contributed by atoms with Gasteiger partial charge in [-0.25, -0.2) is 9.78 Å². The Bertz CT molecular complexity index is 534. The van der Waals surface area contributed by atoms with E-state index in [2.05, 4.69) is 11.1 Å². The SMILES string of the molecule is CCOC(=O)c1ncc(-c2cccc(C)c2)s1. The third-order valence-electron chi connectivity index (χ3n) is 2.26. The lowest BCUT2D eigenvalue weighted by Crippen LogP contribution is -2.03. The summed E-state index contributed by atoms with van der Waals surface area (Å²) in [6.45, 7) is 4.20. The summed E-state index contributed by atoms with van der Waals surface area (Å²) in [6.07, 6.45) is 1.71. The molecule has 0 spiro atoms. The zero-order valence-electron chi connectivity index (χ0n) is 9.77. The minimum atomic E-state index is -0.351. The maximum Gasteiger partial charge on any atom is 0.367 e. The molecule has 0 fully saturated rings. The second-order valence-corrected chi connectivity index (χ2v) is 4.65. The molecule has 0 aliphatic rings. The molecule has 0 aliphatic heterocycles. The van der Waals surface area contributed by atoms with Crippen molar-refractivity contribution in [1.29, 1.82) is 0 Å². The monoisotopic (exact) mass is 247 g/mol. The Morgan fingerprint density at radius 2 is 2.29 bits per heavy atom. The van der Waals surface area contributed by atoms with Crippen molar-refractivity contribution < 1.29 is 9.53 Å². The van der Waals surface area contributed by atoms with E-state index in [1.165, 1.54) is 16.9 Å². The van der Waals surface area contributed by atoms with Crippen LogP contribution < -0.4 is 0 Å². The second-order valence-electron chi connectivity index (χ2n) is 3.62. The van der Waals surface area contributed by atoms with E-state index in [-0.39, 0.29) is 5.97 Å². The molecule has 0 N–H and O–H groups in total. The quantitative estimate of drug-likeness (QED) is 0.781. The fraction of sp³-hybridized carbons (Fsp3) is 0.231. The normalized spacial score (nSPS) is 10.2. The molecule has 3 nitrogen and oxygen atoms in total. The van der Waals surface area contributed by atoms with Gasteiger partial charge >= 0.3 is 5.97 Å². The Labute approximate surface area is 104 Å². The van der Waals surface area contributed by atoms with E-state index in [1.54, 1.807) is 13.1 Å². The van der Waals surface area contributed by atoms with Gasteiger partial charge in [0.25, 0.3) is 0 Å². The number of hydrogen-bond acceptors (Lipinski definition) is 4. The van der Waals surface area contributed by atoms with E-state index in [9.17, 15) is 4.79 Å². The van der Waals surface area contributed by atoms with Crippen molar-refractivity contribution >= 4 is 17.3 Å². The molecule has 17 heavy (non-hydrogen) atoms. The predicted octanol–water partition coefficient (Wildman–Crippen LogP) is 3.30. The average molecular weight is 247 g/mol. The van der Waals surface area contributed by atoms with Gasteiger partial charge in [-0.05, 0) is 19.4 Å². The van der Waals surface area contributed by atoms with Crippen molar-refractivity contribution in [1.82, 2.24) is 4.98 Å². The van der Waals surface area contributed by atoms with Crippen LogP contribution >= 0.6 is 11.3 Å².